The number of rotatable bonds is 1. The summed E-state index contributed by atoms with van der Waals surface area (Å²) in [5.74, 6) is 0.653. The molecule has 21 heavy (non-hydrogen) atoms. The molecule has 1 aromatic carbocycles. The summed E-state index contributed by atoms with van der Waals surface area (Å²) >= 11 is 0. The summed E-state index contributed by atoms with van der Waals surface area (Å²) in [7, 11) is 0. The van der Waals surface area contributed by atoms with Crippen LogP contribution in [0.5, 0.6) is 0 Å². The first-order valence-electron chi connectivity index (χ1n) is 6.84. The molecule has 0 fully saturated rings. The molecule has 104 valence electrons. The minimum Gasteiger partial charge on any atom is -0.282 e. The molecule has 0 saturated carbocycles. The number of hydrogen-bond donors (Lipinski definition) is 0. The zero-order chi connectivity index (χ0) is 15.1. The Labute approximate surface area is 123 Å². The van der Waals surface area contributed by atoms with E-state index in [2.05, 4.69) is 42.0 Å². The fourth-order valence-corrected chi connectivity index (χ4v) is 2.56. The first-order chi connectivity index (χ1) is 10.0. The lowest BCUT2D eigenvalue weighted by Gasteiger charge is -2.10. The number of nitrogens with zero attached hydrogens (tertiary/aromatic N) is 4. The standard InChI is InChI=1S/C17H16N4/c1-10-6-15-16(7-11(10)2)21(9-19-15)17-14(8-18)12(3)5-13(4)20-17/h5-7,9H,1-4H3. The van der Waals surface area contributed by atoms with Crippen LogP contribution in [-0.4, -0.2) is 14.5 Å². The van der Waals surface area contributed by atoms with Gasteiger partial charge in [-0.1, -0.05) is 0 Å². The number of aromatic nitrogens is 3. The molecule has 0 unspecified atom stereocenters. The maximum absolute atomic E-state index is 9.44. The van der Waals surface area contributed by atoms with E-state index in [0.717, 1.165) is 22.3 Å². The van der Waals surface area contributed by atoms with Gasteiger partial charge in [-0.05, 0) is 62.6 Å². The van der Waals surface area contributed by atoms with Gasteiger partial charge in [0, 0.05) is 5.69 Å². The van der Waals surface area contributed by atoms with E-state index in [-0.39, 0.29) is 0 Å². The van der Waals surface area contributed by atoms with Gasteiger partial charge in [-0.25, -0.2) is 9.97 Å². The summed E-state index contributed by atoms with van der Waals surface area (Å²) in [6.45, 7) is 8.02. The van der Waals surface area contributed by atoms with E-state index in [1.54, 1.807) is 6.33 Å². The molecule has 0 bridgehead atoms. The number of aryl methyl sites for hydroxylation is 4. The molecule has 3 rings (SSSR count). The van der Waals surface area contributed by atoms with Gasteiger partial charge < -0.3 is 0 Å². The van der Waals surface area contributed by atoms with Gasteiger partial charge in [-0.15, -0.1) is 0 Å². The molecule has 0 radical (unpaired) electrons. The van der Waals surface area contributed by atoms with E-state index in [1.807, 2.05) is 24.5 Å². The molecule has 4 heteroatoms. The molecule has 0 N–H and O–H groups in total. The van der Waals surface area contributed by atoms with Crippen molar-refractivity contribution >= 4 is 11.0 Å². The molecule has 2 heterocycles. The Kier molecular flexibility index (Phi) is 2.99. The highest BCUT2D eigenvalue weighted by molar-refractivity contribution is 5.79. The molecule has 2 aromatic heterocycles. The predicted octanol–water partition coefficient (Wildman–Crippen LogP) is 3.53. The van der Waals surface area contributed by atoms with Crippen LogP contribution in [0.1, 0.15) is 27.9 Å². The first kappa shape index (κ1) is 13.3. The van der Waals surface area contributed by atoms with Crippen LogP contribution in [0.2, 0.25) is 0 Å². The Morgan fingerprint density at radius 1 is 1.00 bits per heavy atom. The van der Waals surface area contributed by atoms with E-state index in [4.69, 9.17) is 0 Å². The van der Waals surface area contributed by atoms with Gasteiger partial charge in [-0.2, -0.15) is 5.26 Å². The minimum absolute atomic E-state index is 0.595. The van der Waals surface area contributed by atoms with E-state index in [1.165, 1.54) is 11.1 Å². The van der Waals surface area contributed by atoms with Crippen molar-refractivity contribution in [1.29, 1.82) is 5.26 Å². The molecule has 3 aromatic rings. The van der Waals surface area contributed by atoms with Gasteiger partial charge in [0.25, 0.3) is 0 Å². The van der Waals surface area contributed by atoms with Crippen molar-refractivity contribution in [2.24, 2.45) is 0 Å². The zero-order valence-electron chi connectivity index (χ0n) is 12.6. The quantitative estimate of drug-likeness (QED) is 0.683. The Hall–Kier alpha value is -2.67. The van der Waals surface area contributed by atoms with Crippen molar-refractivity contribution in [3.8, 4) is 11.9 Å². The van der Waals surface area contributed by atoms with Crippen LogP contribution in [0.4, 0.5) is 0 Å². The molecule has 0 spiro atoms. The number of hydrogen-bond acceptors (Lipinski definition) is 3. The van der Waals surface area contributed by atoms with Gasteiger partial charge in [0.1, 0.15) is 12.4 Å². The summed E-state index contributed by atoms with van der Waals surface area (Å²) in [5, 5.41) is 9.44. The summed E-state index contributed by atoms with van der Waals surface area (Å²) < 4.78 is 1.90. The van der Waals surface area contributed by atoms with E-state index < -0.39 is 0 Å². The van der Waals surface area contributed by atoms with Gasteiger partial charge >= 0.3 is 0 Å². The number of benzene rings is 1. The molecular weight excluding hydrogens is 260 g/mol. The number of fused-ring (bicyclic) bond motifs is 1. The molecule has 0 aliphatic rings. The Balaban J connectivity index is 2.36. The molecule has 0 amide bonds. The van der Waals surface area contributed by atoms with Crippen LogP contribution < -0.4 is 0 Å². The van der Waals surface area contributed by atoms with Crippen LogP contribution in [0.25, 0.3) is 16.9 Å². The average molecular weight is 276 g/mol. The van der Waals surface area contributed by atoms with Gasteiger partial charge in [0.05, 0.1) is 16.6 Å². The highest BCUT2D eigenvalue weighted by Crippen LogP contribution is 2.24. The summed E-state index contributed by atoms with van der Waals surface area (Å²) in [5.41, 5.74) is 6.74. The van der Waals surface area contributed by atoms with Gasteiger partial charge in [0.15, 0.2) is 5.82 Å². The largest absolute Gasteiger partial charge is 0.282 e. The van der Waals surface area contributed by atoms with Crippen molar-refractivity contribution in [3.05, 3.63) is 52.5 Å². The van der Waals surface area contributed by atoms with Crippen LogP contribution in [0.15, 0.2) is 24.5 Å². The van der Waals surface area contributed by atoms with Crippen molar-refractivity contribution in [2.75, 3.05) is 0 Å². The minimum atomic E-state index is 0.595. The fraction of sp³-hybridized carbons (Fsp3) is 0.235. The molecule has 0 aliphatic carbocycles. The zero-order valence-corrected chi connectivity index (χ0v) is 12.6. The van der Waals surface area contributed by atoms with Crippen molar-refractivity contribution in [2.45, 2.75) is 27.7 Å². The summed E-state index contributed by atoms with van der Waals surface area (Å²) in [6.07, 6.45) is 1.74. The van der Waals surface area contributed by atoms with Crippen molar-refractivity contribution < 1.29 is 0 Å². The maximum Gasteiger partial charge on any atom is 0.156 e. The summed E-state index contributed by atoms with van der Waals surface area (Å²) in [6, 6.07) is 8.35. The van der Waals surface area contributed by atoms with E-state index in [9.17, 15) is 5.26 Å². The Morgan fingerprint density at radius 3 is 2.43 bits per heavy atom. The normalized spacial score (nSPS) is 10.8. The highest BCUT2D eigenvalue weighted by Gasteiger charge is 2.14. The maximum atomic E-state index is 9.44. The molecule has 0 atom stereocenters. The van der Waals surface area contributed by atoms with E-state index in [0.29, 0.717) is 11.4 Å². The molecule has 4 nitrogen and oxygen atoms in total. The SMILES string of the molecule is Cc1cc(C)c(C#N)c(-n2cnc3cc(C)c(C)cc32)n1. The fourth-order valence-electron chi connectivity index (χ4n) is 2.56. The second kappa shape index (κ2) is 4.71. The number of pyridine rings is 1. The highest BCUT2D eigenvalue weighted by atomic mass is 15.1. The number of nitriles is 1. The number of imidazole rings is 1. The van der Waals surface area contributed by atoms with E-state index >= 15 is 0 Å². The van der Waals surface area contributed by atoms with Crippen LogP contribution >= 0.6 is 0 Å². The average Bonchev–Trinajstić information content (AvgIpc) is 2.81. The van der Waals surface area contributed by atoms with Gasteiger partial charge in [-0.3, -0.25) is 4.57 Å². The smallest absolute Gasteiger partial charge is 0.156 e. The second-order valence-electron chi connectivity index (χ2n) is 5.43. The summed E-state index contributed by atoms with van der Waals surface area (Å²) in [4.78, 5) is 9.00. The van der Waals surface area contributed by atoms with Crippen molar-refractivity contribution in [3.63, 3.8) is 0 Å². The first-order valence-corrected chi connectivity index (χ1v) is 6.84. The van der Waals surface area contributed by atoms with Gasteiger partial charge in [0.2, 0.25) is 0 Å². The van der Waals surface area contributed by atoms with Crippen LogP contribution in [0, 0.1) is 39.0 Å². The third-order valence-electron chi connectivity index (χ3n) is 3.83. The van der Waals surface area contributed by atoms with Crippen LogP contribution in [0.3, 0.4) is 0 Å². The monoisotopic (exact) mass is 276 g/mol. The Morgan fingerprint density at radius 2 is 1.71 bits per heavy atom. The predicted molar refractivity (Wildman–Crippen MR) is 82.5 cm³/mol. The lowest BCUT2D eigenvalue weighted by molar-refractivity contribution is 0.984. The third kappa shape index (κ3) is 2.07. The lowest BCUT2D eigenvalue weighted by Crippen LogP contribution is -2.03. The molecular formula is C17H16N4. The topological polar surface area (TPSA) is 54.5 Å². The molecule has 0 aliphatic heterocycles. The van der Waals surface area contributed by atoms with Crippen molar-refractivity contribution in [1.82, 2.24) is 14.5 Å². The second-order valence-corrected chi connectivity index (χ2v) is 5.43. The Bertz CT molecular complexity index is 897. The molecule has 0 saturated heterocycles. The third-order valence-corrected chi connectivity index (χ3v) is 3.83. The lowest BCUT2D eigenvalue weighted by atomic mass is 10.1. The van der Waals surface area contributed by atoms with Crippen LogP contribution in [-0.2, 0) is 0 Å².